The van der Waals surface area contributed by atoms with Gasteiger partial charge >= 0.3 is 0 Å². The van der Waals surface area contributed by atoms with Crippen LogP contribution in [0.2, 0.25) is 0 Å². The lowest BCUT2D eigenvalue weighted by Gasteiger charge is -2.26. The van der Waals surface area contributed by atoms with Gasteiger partial charge in [0.2, 0.25) is 0 Å². The van der Waals surface area contributed by atoms with Gasteiger partial charge in [0.25, 0.3) is 0 Å². The van der Waals surface area contributed by atoms with E-state index in [1.807, 2.05) is 5.51 Å². The molecule has 0 N–H and O–H groups in total. The van der Waals surface area contributed by atoms with Gasteiger partial charge in [-0.05, 0) is 117 Å². The molecule has 5 heterocycles. The topological polar surface area (TPSA) is 16.1 Å². The van der Waals surface area contributed by atoms with Crippen molar-refractivity contribution < 1.29 is 0 Å². The molecule has 3 aromatic carbocycles. The maximum Gasteiger partial charge on any atom is 0.134 e. The fourth-order valence-corrected chi connectivity index (χ4v) is 8.29. The van der Waals surface area contributed by atoms with Crippen molar-refractivity contribution in [1.82, 2.24) is 4.98 Å². The second-order valence-electron chi connectivity index (χ2n) is 8.21. The summed E-state index contributed by atoms with van der Waals surface area (Å²) in [5.74, 6) is 0. The van der Waals surface area contributed by atoms with Gasteiger partial charge in [0.05, 0.1) is 10.2 Å². The van der Waals surface area contributed by atoms with Crippen molar-refractivity contribution in [2.24, 2.45) is 0 Å². The highest BCUT2D eigenvalue weighted by molar-refractivity contribution is 7.25. The van der Waals surface area contributed by atoms with Crippen molar-refractivity contribution in [3.05, 3.63) is 106 Å². The van der Waals surface area contributed by atoms with Gasteiger partial charge in [0.15, 0.2) is 0 Å². The third kappa shape index (κ3) is 4.13. The molecule has 0 aliphatic rings. The lowest BCUT2D eigenvalue weighted by atomic mass is 10.1. The van der Waals surface area contributed by atoms with Crippen LogP contribution in [0.1, 0.15) is 0 Å². The standard InChI is InChI=1S/C24H15NS3.C5H3NS2/c1-4-22-16(7-10-26-22)13-19(1)25(20-2-5-23-17(14-20)8-11-27-23)21-3-6-24-18(15-21)9-12-28-24;1-2-7-5-4(1)8-3-6-5/h1-15H;1-3H. The van der Waals surface area contributed by atoms with Gasteiger partial charge < -0.3 is 4.90 Å². The Morgan fingerprint density at radius 2 is 0.917 bits per heavy atom. The van der Waals surface area contributed by atoms with Crippen LogP contribution < -0.4 is 4.90 Å². The van der Waals surface area contributed by atoms with Gasteiger partial charge in [-0.1, -0.05) is 0 Å². The molecule has 5 aromatic heterocycles. The zero-order chi connectivity index (χ0) is 23.9. The number of thiophene rings is 4. The maximum absolute atomic E-state index is 4.12. The second kappa shape index (κ2) is 9.42. The van der Waals surface area contributed by atoms with Crippen LogP contribution >= 0.6 is 56.7 Å². The number of hydrogen-bond acceptors (Lipinski definition) is 7. The summed E-state index contributed by atoms with van der Waals surface area (Å²) in [6.45, 7) is 0. The molecule has 0 bridgehead atoms. The molecule has 0 atom stereocenters. The molecule has 8 rings (SSSR count). The molecule has 36 heavy (non-hydrogen) atoms. The first-order valence-electron chi connectivity index (χ1n) is 11.3. The molecule has 0 aliphatic carbocycles. The first-order valence-corrected chi connectivity index (χ1v) is 15.7. The zero-order valence-electron chi connectivity index (χ0n) is 18.8. The normalized spacial score (nSPS) is 11.3. The van der Waals surface area contributed by atoms with E-state index in [1.165, 1.54) is 52.0 Å². The van der Waals surface area contributed by atoms with Crippen molar-refractivity contribution in [2.45, 2.75) is 0 Å². The number of fused-ring (bicyclic) bond motifs is 4. The average Bonchev–Trinajstić information content (AvgIpc) is 3.71. The summed E-state index contributed by atoms with van der Waals surface area (Å²) in [5.41, 5.74) is 5.45. The van der Waals surface area contributed by atoms with E-state index in [2.05, 4.69) is 110 Å². The van der Waals surface area contributed by atoms with Crippen LogP contribution in [0, 0.1) is 0 Å². The van der Waals surface area contributed by atoms with E-state index in [0.29, 0.717) is 0 Å². The Kier molecular flexibility index (Phi) is 5.80. The predicted octanol–water partition coefficient (Wildman–Crippen LogP) is 11.2. The Hall–Kier alpha value is -3.07. The third-order valence-electron chi connectivity index (χ3n) is 6.04. The van der Waals surface area contributed by atoms with Crippen LogP contribution in [0.4, 0.5) is 17.1 Å². The quantitative estimate of drug-likeness (QED) is 0.216. The van der Waals surface area contributed by atoms with Crippen LogP contribution in [0.5, 0.6) is 0 Å². The van der Waals surface area contributed by atoms with Crippen LogP contribution in [-0.4, -0.2) is 4.98 Å². The molecule has 2 nitrogen and oxygen atoms in total. The first kappa shape index (κ1) is 22.2. The molecule has 0 amide bonds. The number of hydrogen-bond donors (Lipinski definition) is 0. The molecule has 0 unspecified atom stereocenters. The monoisotopic (exact) mass is 554 g/mol. The van der Waals surface area contributed by atoms with Crippen molar-refractivity contribution in [1.29, 1.82) is 0 Å². The fourth-order valence-electron chi connectivity index (χ4n) is 4.33. The van der Waals surface area contributed by atoms with E-state index >= 15 is 0 Å². The molecular weight excluding hydrogens is 537 g/mol. The zero-order valence-corrected chi connectivity index (χ0v) is 22.9. The van der Waals surface area contributed by atoms with Crippen molar-refractivity contribution in [3.8, 4) is 0 Å². The SMILES string of the molecule is c1cc2cc(N(c3ccc4sccc4c3)c3ccc4sccc4c3)ccc2s1.c1nc2sccc2s1. The van der Waals surface area contributed by atoms with E-state index in [-0.39, 0.29) is 0 Å². The van der Waals surface area contributed by atoms with Gasteiger partial charge in [-0.3, -0.25) is 0 Å². The van der Waals surface area contributed by atoms with Gasteiger partial charge in [-0.2, -0.15) is 0 Å². The van der Waals surface area contributed by atoms with E-state index in [9.17, 15) is 0 Å². The van der Waals surface area contributed by atoms with Crippen LogP contribution in [-0.2, 0) is 0 Å². The molecule has 0 aliphatic heterocycles. The van der Waals surface area contributed by atoms with E-state index in [4.69, 9.17) is 0 Å². The smallest absolute Gasteiger partial charge is 0.134 e. The number of rotatable bonds is 3. The van der Waals surface area contributed by atoms with E-state index < -0.39 is 0 Å². The molecule has 174 valence electrons. The Labute approximate surface area is 228 Å². The summed E-state index contributed by atoms with van der Waals surface area (Å²) in [4.78, 5) is 7.64. The minimum Gasteiger partial charge on any atom is -0.310 e. The summed E-state index contributed by atoms with van der Waals surface area (Å²) in [6, 6.07) is 29.0. The Morgan fingerprint density at radius 3 is 1.39 bits per heavy atom. The van der Waals surface area contributed by atoms with E-state index in [0.717, 1.165) is 4.83 Å². The molecule has 0 radical (unpaired) electrons. The van der Waals surface area contributed by atoms with Crippen molar-refractivity contribution in [2.75, 3.05) is 4.90 Å². The number of aromatic nitrogens is 1. The fraction of sp³-hybridized carbons (Fsp3) is 0. The number of benzene rings is 3. The van der Waals surface area contributed by atoms with Gasteiger partial charge in [-0.15, -0.1) is 56.7 Å². The second-order valence-corrected chi connectivity index (χ2v) is 12.8. The minimum atomic E-state index is 1.16. The lowest BCUT2D eigenvalue weighted by molar-refractivity contribution is 1.30. The highest BCUT2D eigenvalue weighted by atomic mass is 32.1. The number of anilines is 3. The van der Waals surface area contributed by atoms with Crippen LogP contribution in [0.3, 0.4) is 0 Å². The summed E-state index contributed by atoms with van der Waals surface area (Å²) in [6.07, 6.45) is 0. The summed E-state index contributed by atoms with van der Waals surface area (Å²) >= 11 is 8.76. The highest BCUT2D eigenvalue weighted by Crippen LogP contribution is 2.40. The van der Waals surface area contributed by atoms with Crippen molar-refractivity contribution >= 4 is 114 Å². The highest BCUT2D eigenvalue weighted by Gasteiger charge is 2.15. The summed E-state index contributed by atoms with van der Waals surface area (Å²) < 4.78 is 5.27. The van der Waals surface area contributed by atoms with Gasteiger partial charge in [-0.25, -0.2) is 4.98 Å². The summed E-state index contributed by atoms with van der Waals surface area (Å²) in [5, 5.41) is 12.4. The summed E-state index contributed by atoms with van der Waals surface area (Å²) in [7, 11) is 0. The molecule has 0 spiro atoms. The first-order chi connectivity index (χ1) is 17.8. The molecule has 0 saturated heterocycles. The van der Waals surface area contributed by atoms with Crippen LogP contribution in [0.15, 0.2) is 106 Å². The molecule has 7 heteroatoms. The molecule has 8 aromatic rings. The van der Waals surface area contributed by atoms with Gasteiger partial charge in [0, 0.05) is 31.2 Å². The van der Waals surface area contributed by atoms with Crippen LogP contribution in [0.25, 0.3) is 39.8 Å². The minimum absolute atomic E-state index is 1.16. The number of thiazole rings is 1. The average molecular weight is 555 g/mol. The number of nitrogens with zero attached hydrogens (tertiary/aromatic N) is 2. The van der Waals surface area contributed by atoms with Crippen molar-refractivity contribution in [3.63, 3.8) is 0 Å². The predicted molar refractivity (Wildman–Crippen MR) is 165 cm³/mol. The van der Waals surface area contributed by atoms with E-state index in [1.54, 1.807) is 56.7 Å². The maximum atomic E-state index is 4.12. The Bertz CT molecular complexity index is 1710. The lowest BCUT2D eigenvalue weighted by Crippen LogP contribution is -2.09. The molecule has 0 saturated carbocycles. The largest absolute Gasteiger partial charge is 0.310 e. The Balaban J connectivity index is 0.000000233. The molecule has 0 fully saturated rings. The molecular formula is C29H18N2S5. The third-order valence-corrected chi connectivity index (χ3v) is 10.5. The van der Waals surface area contributed by atoms with Gasteiger partial charge in [0.1, 0.15) is 4.83 Å². The Morgan fingerprint density at radius 1 is 0.444 bits per heavy atom.